The molecule has 7 amide bonds. The van der Waals surface area contributed by atoms with Crippen LogP contribution >= 0.6 is 0 Å². The zero-order valence-electron chi connectivity index (χ0n) is 33.4. The van der Waals surface area contributed by atoms with E-state index in [-0.39, 0.29) is 64.0 Å². The minimum Gasteiger partial charge on any atom is -0.481 e. The number of carboxylic acids is 2. The second-order valence-electron chi connectivity index (χ2n) is 13.7. The van der Waals surface area contributed by atoms with Crippen LogP contribution in [-0.2, 0) is 49.6 Å². The SMILES string of the molecule is NCCCC[C@H](NC(=O)[C@H](CO)NC(=O)[C@H](CC(=O)O)NC(=O)[C@@H](N)CCC(N)=O)C(=O)N[C@@H](CCCN=C(N)N)C(=O)N[C@@H](Cc1ccccc1)C(=O)N[C@@H](CO)C(=O)O. The van der Waals surface area contributed by atoms with E-state index in [0.29, 0.717) is 12.0 Å². The fourth-order valence-electron chi connectivity index (χ4n) is 5.43. The molecule has 0 aliphatic carbocycles. The second kappa shape index (κ2) is 28.1. The third-order valence-electron chi connectivity index (χ3n) is 8.74. The molecule has 0 radical (unpaired) electrons. The molecule has 0 spiro atoms. The van der Waals surface area contributed by atoms with Gasteiger partial charge in [0.05, 0.1) is 25.7 Å². The van der Waals surface area contributed by atoms with Crippen LogP contribution in [0, 0.1) is 0 Å². The lowest BCUT2D eigenvalue weighted by atomic mass is 10.0. The van der Waals surface area contributed by atoms with Gasteiger partial charge in [0.2, 0.25) is 41.4 Å². The van der Waals surface area contributed by atoms with Crippen molar-refractivity contribution in [3.05, 3.63) is 35.9 Å². The zero-order chi connectivity index (χ0) is 46.1. The number of hydrogen-bond donors (Lipinski definition) is 15. The molecule has 0 aliphatic heterocycles. The molecule has 0 aliphatic rings. The molecule has 0 saturated heterocycles. The van der Waals surface area contributed by atoms with Gasteiger partial charge in [-0.15, -0.1) is 0 Å². The lowest BCUT2D eigenvalue weighted by Gasteiger charge is -2.27. The first kappa shape index (κ1) is 52.6. The first-order chi connectivity index (χ1) is 28.8. The van der Waals surface area contributed by atoms with Gasteiger partial charge in [0.1, 0.15) is 36.3 Å². The summed E-state index contributed by atoms with van der Waals surface area (Å²) in [5, 5.41) is 52.1. The van der Waals surface area contributed by atoms with Gasteiger partial charge in [-0.1, -0.05) is 30.3 Å². The Balaban J connectivity index is 3.38. The number of primary amides is 1. The number of guanidine groups is 1. The quantitative estimate of drug-likeness (QED) is 0.0194. The molecule has 61 heavy (non-hydrogen) atoms. The van der Waals surface area contributed by atoms with E-state index in [9.17, 15) is 63.6 Å². The first-order valence-electron chi connectivity index (χ1n) is 19.1. The van der Waals surface area contributed by atoms with Crippen molar-refractivity contribution in [1.82, 2.24) is 31.9 Å². The number of nitrogens with two attached hydrogens (primary N) is 5. The molecule has 0 heterocycles. The topological polar surface area (TPSA) is 449 Å². The van der Waals surface area contributed by atoms with Gasteiger partial charge in [-0.3, -0.25) is 43.3 Å². The molecular weight excluding hydrogens is 808 g/mol. The van der Waals surface area contributed by atoms with Gasteiger partial charge < -0.3 is 81.0 Å². The number of benzene rings is 1. The number of nitrogens with zero attached hydrogens (tertiary/aromatic N) is 1. The molecular formula is C36H58N12O13. The summed E-state index contributed by atoms with van der Waals surface area (Å²) in [6.07, 6.45) is -1.12. The number of aliphatic imine (C=N–C) groups is 1. The van der Waals surface area contributed by atoms with Gasteiger partial charge in [0.25, 0.3) is 0 Å². The maximum Gasteiger partial charge on any atom is 0.328 e. The smallest absolute Gasteiger partial charge is 0.328 e. The normalized spacial score (nSPS) is 14.2. The Morgan fingerprint density at radius 2 is 1.07 bits per heavy atom. The van der Waals surface area contributed by atoms with E-state index in [1.54, 1.807) is 30.3 Å². The molecule has 0 aromatic heterocycles. The van der Waals surface area contributed by atoms with Crippen molar-refractivity contribution in [3.63, 3.8) is 0 Å². The highest BCUT2D eigenvalue weighted by Gasteiger charge is 2.34. The summed E-state index contributed by atoms with van der Waals surface area (Å²) in [5.41, 5.74) is 27.8. The average Bonchev–Trinajstić information content (AvgIpc) is 3.20. The van der Waals surface area contributed by atoms with Gasteiger partial charge in [0, 0.05) is 19.4 Å². The van der Waals surface area contributed by atoms with E-state index in [2.05, 4.69) is 36.9 Å². The number of aliphatic hydroxyl groups excluding tert-OH is 2. The van der Waals surface area contributed by atoms with E-state index in [1.807, 2.05) is 0 Å². The number of amides is 7. The molecule has 1 aromatic carbocycles. The number of carbonyl (C=O) groups is 9. The largest absolute Gasteiger partial charge is 0.481 e. The molecule has 0 unspecified atom stereocenters. The Kier molecular flexibility index (Phi) is 24.2. The van der Waals surface area contributed by atoms with E-state index in [0.717, 1.165) is 0 Å². The van der Waals surface area contributed by atoms with Crippen LogP contribution in [0.15, 0.2) is 35.3 Å². The lowest BCUT2D eigenvalue weighted by Crippen LogP contribution is -2.60. The molecule has 7 atom stereocenters. The van der Waals surface area contributed by atoms with Gasteiger partial charge in [0.15, 0.2) is 5.96 Å². The fourth-order valence-corrected chi connectivity index (χ4v) is 5.43. The average molecular weight is 867 g/mol. The van der Waals surface area contributed by atoms with Crippen LogP contribution in [0.5, 0.6) is 0 Å². The van der Waals surface area contributed by atoms with Crippen molar-refractivity contribution in [2.24, 2.45) is 33.7 Å². The van der Waals surface area contributed by atoms with Crippen LogP contribution in [0.25, 0.3) is 0 Å². The monoisotopic (exact) mass is 866 g/mol. The fraction of sp³-hybridized carbons (Fsp3) is 0.556. The summed E-state index contributed by atoms with van der Waals surface area (Å²) in [6.45, 7) is -1.83. The highest BCUT2D eigenvalue weighted by atomic mass is 16.4. The molecule has 0 saturated carbocycles. The van der Waals surface area contributed by atoms with Crippen LogP contribution in [0.4, 0.5) is 0 Å². The predicted octanol–water partition coefficient (Wildman–Crippen LogP) is -6.54. The predicted molar refractivity (Wildman–Crippen MR) is 215 cm³/mol. The Bertz CT molecular complexity index is 1680. The number of hydrogen-bond acceptors (Lipinski definition) is 14. The summed E-state index contributed by atoms with van der Waals surface area (Å²) < 4.78 is 0. The molecule has 1 rings (SSSR count). The van der Waals surface area contributed by atoms with Crippen molar-refractivity contribution in [2.45, 2.75) is 100 Å². The minimum atomic E-state index is -1.81. The summed E-state index contributed by atoms with van der Waals surface area (Å²) in [4.78, 5) is 118. The molecule has 25 heteroatoms. The Morgan fingerprint density at radius 1 is 0.590 bits per heavy atom. The van der Waals surface area contributed by atoms with Crippen molar-refractivity contribution in [3.8, 4) is 0 Å². The van der Waals surface area contributed by atoms with Crippen molar-refractivity contribution in [1.29, 1.82) is 0 Å². The number of aliphatic hydroxyl groups is 2. The van der Waals surface area contributed by atoms with Crippen LogP contribution in [0.2, 0.25) is 0 Å². The first-order valence-corrected chi connectivity index (χ1v) is 19.1. The number of carbonyl (C=O) groups excluding carboxylic acids is 7. The van der Waals surface area contributed by atoms with Gasteiger partial charge in [-0.25, -0.2) is 4.79 Å². The van der Waals surface area contributed by atoms with Gasteiger partial charge >= 0.3 is 11.9 Å². The Labute approximate surface area is 350 Å². The number of rotatable bonds is 30. The van der Waals surface area contributed by atoms with Crippen molar-refractivity contribution >= 4 is 59.2 Å². The Morgan fingerprint density at radius 3 is 1.57 bits per heavy atom. The lowest BCUT2D eigenvalue weighted by molar-refractivity contribution is -0.143. The maximum absolute atomic E-state index is 13.9. The zero-order valence-corrected chi connectivity index (χ0v) is 33.4. The van der Waals surface area contributed by atoms with E-state index < -0.39 is 115 Å². The highest BCUT2D eigenvalue weighted by Crippen LogP contribution is 2.09. The van der Waals surface area contributed by atoms with Crippen LogP contribution < -0.4 is 60.6 Å². The van der Waals surface area contributed by atoms with Crippen molar-refractivity contribution in [2.75, 3.05) is 26.3 Å². The Hall–Kier alpha value is -6.44. The molecule has 0 fully saturated rings. The van der Waals surface area contributed by atoms with E-state index in [4.69, 9.17) is 28.7 Å². The third-order valence-corrected chi connectivity index (χ3v) is 8.74. The number of nitrogens with one attached hydrogen (secondary N) is 6. The molecule has 25 nitrogen and oxygen atoms in total. The standard InChI is InChI=1S/C36H58N12O13/c37-13-5-4-9-21(44-34(59)25(17-49)47-33(58)24(16-28(52)53)45-29(54)20(38)11-12-27(39)51)30(55)43-22(10-6-14-42-36(40)41)31(56)46-23(15-19-7-2-1-3-8-19)32(57)48-26(18-50)35(60)61/h1-3,7-8,20-26,49-50H,4-6,9-18,37-38H2,(H2,39,51)(H,43,55)(H,44,59)(H,45,54)(H,46,56)(H,47,58)(H,48,57)(H,52,53)(H,60,61)(H4,40,41,42)/t20-,21-,22-,23-,24-,25-,26-/m0/s1. The summed E-state index contributed by atoms with van der Waals surface area (Å²) in [5.74, 6) is -10.3. The van der Waals surface area contributed by atoms with Gasteiger partial charge in [-0.2, -0.15) is 0 Å². The summed E-state index contributed by atoms with van der Waals surface area (Å²) in [6, 6.07) is -2.66. The van der Waals surface area contributed by atoms with Gasteiger partial charge in [-0.05, 0) is 50.6 Å². The third kappa shape index (κ3) is 20.9. The number of aliphatic carboxylic acids is 2. The van der Waals surface area contributed by atoms with E-state index in [1.165, 1.54) is 0 Å². The molecule has 20 N–H and O–H groups in total. The summed E-state index contributed by atoms with van der Waals surface area (Å²) >= 11 is 0. The molecule has 1 aromatic rings. The van der Waals surface area contributed by atoms with Crippen LogP contribution in [0.3, 0.4) is 0 Å². The molecule has 0 bridgehead atoms. The van der Waals surface area contributed by atoms with Crippen molar-refractivity contribution < 1.29 is 63.6 Å². The maximum atomic E-state index is 13.9. The van der Waals surface area contributed by atoms with E-state index >= 15 is 0 Å². The summed E-state index contributed by atoms with van der Waals surface area (Å²) in [7, 11) is 0. The second-order valence-corrected chi connectivity index (χ2v) is 13.7. The highest BCUT2D eigenvalue weighted by molar-refractivity contribution is 5.98. The van der Waals surface area contributed by atoms with Crippen LogP contribution in [0.1, 0.15) is 56.9 Å². The van der Waals surface area contributed by atoms with Crippen LogP contribution in [-0.4, -0.2) is 148 Å². The number of carboxylic acid groups (broad SMARTS) is 2. The molecule has 340 valence electrons. The number of unbranched alkanes of at least 4 members (excludes halogenated alkanes) is 1. The minimum absolute atomic E-state index is 0.00385.